The first-order chi connectivity index (χ1) is 7.63. The standard InChI is InChI=1S/C12H16Cl2O2/c1-2-5-16-8-11(15)7-9-6-10(13)3-4-12(9)14/h3-4,6,11,15H,2,5,7-8H2,1H3. The Labute approximate surface area is 106 Å². The van der Waals surface area contributed by atoms with Crippen LogP contribution in [0.25, 0.3) is 0 Å². The SMILES string of the molecule is CCCOCC(O)Cc1cc(Cl)ccc1Cl. The van der Waals surface area contributed by atoms with E-state index in [-0.39, 0.29) is 0 Å². The molecule has 16 heavy (non-hydrogen) atoms. The maximum Gasteiger partial charge on any atom is 0.0814 e. The summed E-state index contributed by atoms with van der Waals surface area (Å²) >= 11 is 11.8. The van der Waals surface area contributed by atoms with Crippen molar-refractivity contribution in [2.24, 2.45) is 0 Å². The Morgan fingerprint density at radius 2 is 2.12 bits per heavy atom. The van der Waals surface area contributed by atoms with E-state index in [2.05, 4.69) is 0 Å². The van der Waals surface area contributed by atoms with Crippen molar-refractivity contribution >= 4 is 23.2 Å². The third kappa shape index (κ3) is 4.71. The molecule has 0 radical (unpaired) electrons. The molecule has 1 aromatic carbocycles. The van der Waals surface area contributed by atoms with E-state index in [4.69, 9.17) is 27.9 Å². The topological polar surface area (TPSA) is 29.5 Å². The van der Waals surface area contributed by atoms with E-state index in [1.807, 2.05) is 6.92 Å². The van der Waals surface area contributed by atoms with E-state index in [1.165, 1.54) is 0 Å². The molecule has 2 nitrogen and oxygen atoms in total. The van der Waals surface area contributed by atoms with Gasteiger partial charge in [-0.2, -0.15) is 0 Å². The molecule has 0 aliphatic rings. The summed E-state index contributed by atoms with van der Waals surface area (Å²) in [6, 6.07) is 5.24. The third-order valence-electron chi connectivity index (χ3n) is 2.12. The quantitative estimate of drug-likeness (QED) is 0.798. The summed E-state index contributed by atoms with van der Waals surface area (Å²) < 4.78 is 5.26. The first-order valence-electron chi connectivity index (χ1n) is 5.33. The molecule has 90 valence electrons. The molecule has 1 N–H and O–H groups in total. The minimum Gasteiger partial charge on any atom is -0.390 e. The van der Waals surface area contributed by atoms with Crippen LogP contribution in [-0.4, -0.2) is 24.4 Å². The highest BCUT2D eigenvalue weighted by molar-refractivity contribution is 6.33. The van der Waals surface area contributed by atoms with Crippen molar-refractivity contribution < 1.29 is 9.84 Å². The van der Waals surface area contributed by atoms with Gasteiger partial charge in [-0.3, -0.25) is 0 Å². The number of benzene rings is 1. The van der Waals surface area contributed by atoms with Crippen molar-refractivity contribution in [1.29, 1.82) is 0 Å². The van der Waals surface area contributed by atoms with Crippen LogP contribution in [0.4, 0.5) is 0 Å². The lowest BCUT2D eigenvalue weighted by Crippen LogP contribution is -2.18. The van der Waals surface area contributed by atoms with Gasteiger partial charge in [-0.15, -0.1) is 0 Å². The Hall–Kier alpha value is -0.280. The lowest BCUT2D eigenvalue weighted by Gasteiger charge is -2.12. The average Bonchev–Trinajstić information content (AvgIpc) is 2.24. The fraction of sp³-hybridized carbons (Fsp3) is 0.500. The summed E-state index contributed by atoms with van der Waals surface area (Å²) in [5.74, 6) is 0. The van der Waals surface area contributed by atoms with Crippen molar-refractivity contribution in [3.05, 3.63) is 33.8 Å². The Kier molecular flexibility index (Phi) is 6.14. The van der Waals surface area contributed by atoms with Crippen molar-refractivity contribution in [1.82, 2.24) is 0 Å². The molecular weight excluding hydrogens is 247 g/mol. The van der Waals surface area contributed by atoms with Crippen LogP contribution in [-0.2, 0) is 11.2 Å². The van der Waals surface area contributed by atoms with Gasteiger partial charge in [0, 0.05) is 23.1 Å². The zero-order chi connectivity index (χ0) is 12.0. The fourth-order valence-electron chi connectivity index (χ4n) is 1.38. The van der Waals surface area contributed by atoms with Gasteiger partial charge in [-0.05, 0) is 30.2 Å². The summed E-state index contributed by atoms with van der Waals surface area (Å²) in [5.41, 5.74) is 0.849. The van der Waals surface area contributed by atoms with Crippen molar-refractivity contribution in [3.8, 4) is 0 Å². The van der Waals surface area contributed by atoms with Crippen LogP contribution in [0.15, 0.2) is 18.2 Å². The van der Waals surface area contributed by atoms with Crippen LogP contribution in [0.2, 0.25) is 10.0 Å². The highest BCUT2D eigenvalue weighted by atomic mass is 35.5. The van der Waals surface area contributed by atoms with E-state index in [9.17, 15) is 5.11 Å². The molecule has 0 aliphatic carbocycles. The molecule has 1 aromatic rings. The smallest absolute Gasteiger partial charge is 0.0814 e. The first kappa shape index (κ1) is 13.8. The normalized spacial score (nSPS) is 12.8. The van der Waals surface area contributed by atoms with Gasteiger partial charge in [-0.1, -0.05) is 30.1 Å². The second-order valence-corrected chi connectivity index (χ2v) is 4.51. The summed E-state index contributed by atoms with van der Waals surface area (Å²) in [6.45, 7) is 3.03. The van der Waals surface area contributed by atoms with Crippen LogP contribution in [0, 0.1) is 0 Å². The van der Waals surface area contributed by atoms with Crippen molar-refractivity contribution in [2.45, 2.75) is 25.9 Å². The molecule has 0 fully saturated rings. The predicted molar refractivity (Wildman–Crippen MR) is 67.3 cm³/mol. The lowest BCUT2D eigenvalue weighted by atomic mass is 10.1. The summed E-state index contributed by atoms with van der Waals surface area (Å²) in [7, 11) is 0. The molecular formula is C12H16Cl2O2. The van der Waals surface area contributed by atoms with Gasteiger partial charge in [0.05, 0.1) is 12.7 Å². The Morgan fingerprint density at radius 3 is 2.81 bits per heavy atom. The minimum atomic E-state index is -0.539. The molecule has 1 atom stereocenters. The van der Waals surface area contributed by atoms with E-state index < -0.39 is 6.10 Å². The molecule has 0 saturated carbocycles. The predicted octanol–water partition coefficient (Wildman–Crippen LogP) is 3.32. The van der Waals surface area contributed by atoms with Crippen LogP contribution in [0.1, 0.15) is 18.9 Å². The molecule has 4 heteroatoms. The van der Waals surface area contributed by atoms with E-state index in [1.54, 1.807) is 18.2 Å². The van der Waals surface area contributed by atoms with Crippen LogP contribution >= 0.6 is 23.2 Å². The largest absolute Gasteiger partial charge is 0.390 e. The van der Waals surface area contributed by atoms with Crippen molar-refractivity contribution in [2.75, 3.05) is 13.2 Å². The fourth-order valence-corrected chi connectivity index (χ4v) is 1.77. The average molecular weight is 263 g/mol. The zero-order valence-electron chi connectivity index (χ0n) is 9.25. The molecule has 0 aliphatic heterocycles. The second-order valence-electron chi connectivity index (χ2n) is 3.67. The Bertz CT molecular complexity index is 329. The highest BCUT2D eigenvalue weighted by Crippen LogP contribution is 2.21. The molecule has 0 bridgehead atoms. The number of hydrogen-bond acceptors (Lipinski definition) is 2. The summed E-state index contributed by atoms with van der Waals surface area (Å²) in [6.07, 6.45) is 0.871. The molecule has 0 amide bonds. The summed E-state index contributed by atoms with van der Waals surface area (Å²) in [4.78, 5) is 0. The minimum absolute atomic E-state index is 0.330. The van der Waals surface area contributed by atoms with E-state index in [0.717, 1.165) is 12.0 Å². The van der Waals surface area contributed by atoms with Crippen molar-refractivity contribution in [3.63, 3.8) is 0 Å². The highest BCUT2D eigenvalue weighted by Gasteiger charge is 2.09. The molecule has 0 spiro atoms. The van der Waals surface area contributed by atoms with Gasteiger partial charge in [0.15, 0.2) is 0 Å². The molecule has 0 aromatic heterocycles. The second kappa shape index (κ2) is 7.13. The van der Waals surface area contributed by atoms with Gasteiger partial charge in [0.1, 0.15) is 0 Å². The van der Waals surface area contributed by atoms with Gasteiger partial charge in [0.2, 0.25) is 0 Å². The number of rotatable bonds is 6. The third-order valence-corrected chi connectivity index (χ3v) is 2.73. The van der Waals surface area contributed by atoms with Gasteiger partial charge < -0.3 is 9.84 Å². The number of aliphatic hydroxyl groups excluding tert-OH is 1. The summed E-state index contributed by atoms with van der Waals surface area (Å²) in [5, 5.41) is 11.0. The number of ether oxygens (including phenoxy) is 1. The maximum absolute atomic E-state index is 9.72. The Morgan fingerprint density at radius 1 is 1.38 bits per heavy atom. The molecule has 0 saturated heterocycles. The van der Waals surface area contributed by atoms with E-state index >= 15 is 0 Å². The van der Waals surface area contributed by atoms with Crippen LogP contribution in [0.5, 0.6) is 0 Å². The monoisotopic (exact) mass is 262 g/mol. The first-order valence-corrected chi connectivity index (χ1v) is 6.08. The molecule has 1 unspecified atom stereocenters. The number of aliphatic hydroxyl groups is 1. The number of halogens is 2. The van der Waals surface area contributed by atoms with Gasteiger partial charge in [0.25, 0.3) is 0 Å². The van der Waals surface area contributed by atoms with Crippen LogP contribution < -0.4 is 0 Å². The molecule has 0 heterocycles. The van der Waals surface area contributed by atoms with Gasteiger partial charge in [-0.25, -0.2) is 0 Å². The molecule has 1 rings (SSSR count). The van der Waals surface area contributed by atoms with Gasteiger partial charge >= 0.3 is 0 Å². The maximum atomic E-state index is 9.72. The Balaban J connectivity index is 2.48. The lowest BCUT2D eigenvalue weighted by molar-refractivity contribution is 0.0374. The zero-order valence-corrected chi connectivity index (χ0v) is 10.8. The van der Waals surface area contributed by atoms with E-state index in [0.29, 0.717) is 29.7 Å². The van der Waals surface area contributed by atoms with Crippen LogP contribution in [0.3, 0.4) is 0 Å². The number of hydrogen-bond donors (Lipinski definition) is 1.